The highest BCUT2D eigenvalue weighted by molar-refractivity contribution is 5.79. The first kappa shape index (κ1) is 13.1. The van der Waals surface area contributed by atoms with Crippen LogP contribution in [0.1, 0.15) is 17.2 Å². The predicted molar refractivity (Wildman–Crippen MR) is 74.8 cm³/mol. The summed E-state index contributed by atoms with van der Waals surface area (Å²) in [6.07, 6.45) is 0. The van der Waals surface area contributed by atoms with E-state index >= 15 is 0 Å². The van der Waals surface area contributed by atoms with Crippen LogP contribution in [-0.4, -0.2) is 11.1 Å². The second-order valence-corrected chi connectivity index (χ2v) is 4.19. The van der Waals surface area contributed by atoms with E-state index in [-0.39, 0.29) is 0 Å². The van der Waals surface area contributed by atoms with E-state index in [1.165, 1.54) is 0 Å². The molecule has 2 aromatic rings. The molecule has 0 aliphatic carbocycles. The number of carboxylic acids is 1. The molecular formula is C15H16N2O2. The van der Waals surface area contributed by atoms with Crippen molar-refractivity contribution < 1.29 is 9.90 Å². The third-order valence-corrected chi connectivity index (χ3v) is 2.92. The molecule has 0 saturated carbocycles. The molecule has 0 bridgehead atoms. The SMILES string of the molecule is NCc1ccccc1NC(C(=O)O)c1ccccc1. The monoisotopic (exact) mass is 256 g/mol. The Kier molecular flexibility index (Phi) is 4.15. The van der Waals surface area contributed by atoms with Gasteiger partial charge in [-0.1, -0.05) is 48.5 Å². The summed E-state index contributed by atoms with van der Waals surface area (Å²) < 4.78 is 0. The van der Waals surface area contributed by atoms with Crippen LogP contribution in [0.5, 0.6) is 0 Å². The van der Waals surface area contributed by atoms with E-state index in [0.29, 0.717) is 12.1 Å². The molecule has 0 aromatic heterocycles. The maximum absolute atomic E-state index is 11.4. The van der Waals surface area contributed by atoms with Crippen molar-refractivity contribution in [1.82, 2.24) is 0 Å². The van der Waals surface area contributed by atoms with Crippen LogP contribution in [0, 0.1) is 0 Å². The number of hydrogen-bond acceptors (Lipinski definition) is 3. The van der Waals surface area contributed by atoms with Crippen LogP contribution < -0.4 is 11.1 Å². The minimum atomic E-state index is -0.918. The van der Waals surface area contributed by atoms with Gasteiger partial charge < -0.3 is 16.2 Å². The Labute approximate surface area is 111 Å². The van der Waals surface area contributed by atoms with Crippen molar-refractivity contribution in [2.75, 3.05) is 5.32 Å². The molecule has 1 atom stereocenters. The van der Waals surface area contributed by atoms with Gasteiger partial charge in [0, 0.05) is 12.2 Å². The number of carbonyl (C=O) groups is 1. The van der Waals surface area contributed by atoms with Gasteiger partial charge in [0.2, 0.25) is 0 Å². The Morgan fingerprint density at radius 1 is 1.11 bits per heavy atom. The van der Waals surface area contributed by atoms with Crippen molar-refractivity contribution in [3.63, 3.8) is 0 Å². The van der Waals surface area contributed by atoms with Gasteiger partial charge in [-0.05, 0) is 17.2 Å². The predicted octanol–water partition coefficient (Wildman–Crippen LogP) is 2.38. The van der Waals surface area contributed by atoms with Gasteiger partial charge in [0.05, 0.1) is 0 Å². The number of benzene rings is 2. The Morgan fingerprint density at radius 3 is 2.37 bits per heavy atom. The fourth-order valence-electron chi connectivity index (χ4n) is 1.93. The molecule has 4 N–H and O–H groups in total. The Morgan fingerprint density at radius 2 is 1.74 bits per heavy atom. The summed E-state index contributed by atoms with van der Waals surface area (Å²) in [6.45, 7) is 0.365. The van der Waals surface area contributed by atoms with Gasteiger partial charge in [-0.2, -0.15) is 0 Å². The Hall–Kier alpha value is -2.33. The van der Waals surface area contributed by atoms with Gasteiger partial charge in [0.25, 0.3) is 0 Å². The molecule has 0 heterocycles. The van der Waals surface area contributed by atoms with Crippen LogP contribution >= 0.6 is 0 Å². The molecule has 2 aromatic carbocycles. The van der Waals surface area contributed by atoms with Crippen LogP contribution in [0.25, 0.3) is 0 Å². The first-order valence-electron chi connectivity index (χ1n) is 6.04. The maximum atomic E-state index is 11.4. The quantitative estimate of drug-likeness (QED) is 0.767. The lowest BCUT2D eigenvalue weighted by atomic mass is 10.1. The molecule has 0 aliphatic heterocycles. The largest absolute Gasteiger partial charge is 0.479 e. The highest BCUT2D eigenvalue weighted by Crippen LogP contribution is 2.22. The summed E-state index contributed by atoms with van der Waals surface area (Å²) in [5.41, 5.74) is 8.01. The summed E-state index contributed by atoms with van der Waals surface area (Å²) in [5, 5.41) is 12.4. The van der Waals surface area contributed by atoms with Gasteiger partial charge in [0.1, 0.15) is 0 Å². The molecule has 19 heavy (non-hydrogen) atoms. The molecule has 4 nitrogen and oxygen atoms in total. The number of para-hydroxylation sites is 1. The number of carboxylic acid groups (broad SMARTS) is 1. The fraction of sp³-hybridized carbons (Fsp3) is 0.133. The molecule has 0 saturated heterocycles. The van der Waals surface area contributed by atoms with Crippen molar-refractivity contribution >= 4 is 11.7 Å². The third-order valence-electron chi connectivity index (χ3n) is 2.92. The molecule has 0 spiro atoms. The van der Waals surface area contributed by atoms with E-state index in [9.17, 15) is 9.90 Å². The zero-order valence-electron chi connectivity index (χ0n) is 10.4. The molecule has 0 radical (unpaired) electrons. The highest BCUT2D eigenvalue weighted by Gasteiger charge is 2.19. The van der Waals surface area contributed by atoms with Crippen LogP contribution in [0.15, 0.2) is 54.6 Å². The van der Waals surface area contributed by atoms with E-state index < -0.39 is 12.0 Å². The number of hydrogen-bond donors (Lipinski definition) is 3. The smallest absolute Gasteiger partial charge is 0.330 e. The summed E-state index contributed by atoms with van der Waals surface area (Å²) in [5.74, 6) is -0.918. The second kappa shape index (κ2) is 6.02. The van der Waals surface area contributed by atoms with Gasteiger partial charge >= 0.3 is 5.97 Å². The first-order valence-corrected chi connectivity index (χ1v) is 6.04. The number of nitrogens with two attached hydrogens (primary N) is 1. The van der Waals surface area contributed by atoms with Crippen LogP contribution in [0.3, 0.4) is 0 Å². The van der Waals surface area contributed by atoms with Crippen LogP contribution in [-0.2, 0) is 11.3 Å². The normalized spacial score (nSPS) is 11.8. The molecule has 0 aliphatic rings. The van der Waals surface area contributed by atoms with Crippen LogP contribution in [0.4, 0.5) is 5.69 Å². The number of nitrogens with one attached hydrogen (secondary N) is 1. The molecule has 0 amide bonds. The molecule has 2 rings (SSSR count). The number of anilines is 1. The van der Waals surface area contributed by atoms with Gasteiger partial charge in [-0.3, -0.25) is 0 Å². The zero-order valence-corrected chi connectivity index (χ0v) is 10.4. The third kappa shape index (κ3) is 3.11. The Bertz CT molecular complexity index is 555. The fourth-order valence-corrected chi connectivity index (χ4v) is 1.93. The molecule has 0 fully saturated rings. The molecule has 98 valence electrons. The molecule has 4 heteroatoms. The van der Waals surface area contributed by atoms with Crippen molar-refractivity contribution in [2.24, 2.45) is 5.73 Å². The van der Waals surface area contributed by atoms with E-state index in [4.69, 9.17) is 5.73 Å². The standard InChI is InChI=1S/C15H16N2O2/c16-10-12-8-4-5-9-13(12)17-14(15(18)19)11-6-2-1-3-7-11/h1-9,14,17H,10,16H2,(H,18,19). The van der Waals surface area contributed by atoms with Crippen molar-refractivity contribution in [1.29, 1.82) is 0 Å². The maximum Gasteiger partial charge on any atom is 0.330 e. The van der Waals surface area contributed by atoms with Gasteiger partial charge in [-0.15, -0.1) is 0 Å². The lowest BCUT2D eigenvalue weighted by molar-refractivity contribution is -0.138. The lowest BCUT2D eigenvalue weighted by Gasteiger charge is -2.18. The van der Waals surface area contributed by atoms with Crippen molar-refractivity contribution in [3.8, 4) is 0 Å². The van der Waals surface area contributed by atoms with Gasteiger partial charge in [0.15, 0.2) is 6.04 Å². The molecule has 1 unspecified atom stereocenters. The number of aliphatic carboxylic acids is 1. The van der Waals surface area contributed by atoms with Crippen molar-refractivity contribution in [2.45, 2.75) is 12.6 Å². The highest BCUT2D eigenvalue weighted by atomic mass is 16.4. The van der Waals surface area contributed by atoms with Gasteiger partial charge in [-0.25, -0.2) is 4.79 Å². The zero-order chi connectivity index (χ0) is 13.7. The topological polar surface area (TPSA) is 75.3 Å². The summed E-state index contributed by atoms with van der Waals surface area (Å²) >= 11 is 0. The Balaban J connectivity index is 2.30. The van der Waals surface area contributed by atoms with E-state index in [1.54, 1.807) is 12.1 Å². The van der Waals surface area contributed by atoms with Crippen LogP contribution in [0.2, 0.25) is 0 Å². The summed E-state index contributed by atoms with van der Waals surface area (Å²) in [4.78, 5) is 11.4. The summed E-state index contributed by atoms with van der Waals surface area (Å²) in [7, 11) is 0. The van der Waals surface area contributed by atoms with E-state index in [2.05, 4.69) is 5.32 Å². The minimum absolute atomic E-state index is 0.365. The van der Waals surface area contributed by atoms with E-state index in [1.807, 2.05) is 42.5 Å². The minimum Gasteiger partial charge on any atom is -0.479 e. The molecular weight excluding hydrogens is 240 g/mol. The summed E-state index contributed by atoms with van der Waals surface area (Å²) in [6, 6.07) is 15.7. The second-order valence-electron chi connectivity index (χ2n) is 4.19. The average molecular weight is 256 g/mol. The first-order chi connectivity index (χ1) is 9.22. The lowest BCUT2D eigenvalue weighted by Crippen LogP contribution is -2.21. The number of rotatable bonds is 5. The van der Waals surface area contributed by atoms with E-state index in [0.717, 1.165) is 11.3 Å². The van der Waals surface area contributed by atoms with Crippen molar-refractivity contribution in [3.05, 3.63) is 65.7 Å². The average Bonchev–Trinajstić information content (AvgIpc) is 2.45.